The van der Waals surface area contributed by atoms with Crippen LogP contribution >= 0.6 is 0 Å². The Labute approximate surface area is 367 Å². The molecule has 2 aromatic heterocycles. The summed E-state index contributed by atoms with van der Waals surface area (Å²) in [5.41, 5.74) is 17.2. The molecule has 0 saturated heterocycles. The molecule has 0 spiro atoms. The molecule has 0 radical (unpaired) electrons. The lowest BCUT2D eigenvalue weighted by atomic mass is 9.78. The van der Waals surface area contributed by atoms with Crippen molar-refractivity contribution in [1.82, 2.24) is 15.0 Å². The maximum Gasteiger partial charge on any atom is 0.160 e. The molecule has 0 aliphatic heterocycles. The number of hydrogen-bond acceptors (Lipinski definition) is 3. The molecule has 0 amide bonds. The zero-order valence-electron chi connectivity index (χ0n) is 35.0. The van der Waals surface area contributed by atoms with Gasteiger partial charge in [-0.3, -0.25) is 4.98 Å². The lowest BCUT2D eigenvalue weighted by Gasteiger charge is -2.25. The van der Waals surface area contributed by atoms with Crippen LogP contribution in [0.4, 0.5) is 0 Å². The van der Waals surface area contributed by atoms with Crippen LogP contribution in [0.2, 0.25) is 0 Å². The second-order valence-corrected chi connectivity index (χ2v) is 17.1. The van der Waals surface area contributed by atoms with Crippen molar-refractivity contribution >= 4 is 32.3 Å². The van der Waals surface area contributed by atoms with E-state index in [0.29, 0.717) is 5.82 Å². The Bertz CT molecular complexity index is 3590. The first kappa shape index (κ1) is 36.8. The summed E-state index contributed by atoms with van der Waals surface area (Å²) in [7, 11) is 0. The molecule has 2 heterocycles. The van der Waals surface area contributed by atoms with Gasteiger partial charge in [0, 0.05) is 40.1 Å². The lowest BCUT2D eigenvalue weighted by Crippen LogP contribution is -2.16. The fourth-order valence-electron chi connectivity index (χ4n) is 10.2. The topological polar surface area (TPSA) is 38.7 Å². The van der Waals surface area contributed by atoms with Gasteiger partial charge in [-0.2, -0.15) is 0 Å². The molecule has 0 atom stereocenters. The first-order valence-electron chi connectivity index (χ1n) is 21.7. The van der Waals surface area contributed by atoms with Gasteiger partial charge in [-0.1, -0.05) is 196 Å². The summed E-state index contributed by atoms with van der Waals surface area (Å²) in [6, 6.07) is 72.3. The lowest BCUT2D eigenvalue weighted by molar-refractivity contribution is 0.662. The zero-order chi connectivity index (χ0) is 42.1. The molecule has 3 heteroatoms. The quantitative estimate of drug-likeness (QED) is 0.168. The van der Waals surface area contributed by atoms with Crippen molar-refractivity contribution < 1.29 is 0 Å². The predicted molar refractivity (Wildman–Crippen MR) is 263 cm³/mol. The highest BCUT2D eigenvalue weighted by Crippen LogP contribution is 2.55. The van der Waals surface area contributed by atoms with Gasteiger partial charge in [-0.25, -0.2) is 9.97 Å². The summed E-state index contributed by atoms with van der Waals surface area (Å²) in [6.45, 7) is 4.78. The Morgan fingerprint density at radius 3 is 1.63 bits per heavy atom. The first-order valence-corrected chi connectivity index (χ1v) is 21.7. The Kier molecular flexibility index (Phi) is 8.52. The fourth-order valence-corrected chi connectivity index (χ4v) is 10.2. The monoisotopic (exact) mass is 803 g/mol. The number of rotatable bonds is 6. The Morgan fingerprint density at radius 1 is 0.365 bits per heavy atom. The molecule has 0 fully saturated rings. The summed E-state index contributed by atoms with van der Waals surface area (Å²) < 4.78 is 0. The van der Waals surface area contributed by atoms with Crippen LogP contribution in [0.25, 0.3) is 111 Å². The van der Waals surface area contributed by atoms with Gasteiger partial charge in [0.1, 0.15) is 0 Å². The third-order valence-corrected chi connectivity index (χ3v) is 13.2. The van der Waals surface area contributed by atoms with E-state index in [1.165, 1.54) is 71.4 Å². The van der Waals surface area contributed by atoms with Gasteiger partial charge in [0.05, 0.1) is 11.4 Å². The van der Waals surface area contributed by atoms with Crippen molar-refractivity contribution in [2.75, 3.05) is 0 Å². The van der Waals surface area contributed by atoms with Gasteiger partial charge in [0.25, 0.3) is 0 Å². The number of pyridine rings is 1. The molecule has 63 heavy (non-hydrogen) atoms. The predicted octanol–water partition coefficient (Wildman–Crippen LogP) is 15.6. The van der Waals surface area contributed by atoms with Gasteiger partial charge >= 0.3 is 0 Å². The third kappa shape index (κ3) is 6.00. The van der Waals surface area contributed by atoms with E-state index in [0.717, 1.165) is 44.6 Å². The highest BCUT2D eigenvalue weighted by atomic mass is 14.9. The van der Waals surface area contributed by atoms with E-state index in [-0.39, 0.29) is 5.41 Å². The average molecular weight is 804 g/mol. The van der Waals surface area contributed by atoms with Crippen molar-refractivity contribution in [2.45, 2.75) is 19.3 Å². The Balaban J connectivity index is 1.01. The molecule has 0 bridgehead atoms. The maximum atomic E-state index is 5.28. The van der Waals surface area contributed by atoms with Crippen LogP contribution in [0, 0.1) is 0 Å². The van der Waals surface area contributed by atoms with Crippen molar-refractivity contribution in [1.29, 1.82) is 0 Å². The minimum absolute atomic E-state index is 0.166. The van der Waals surface area contributed by atoms with E-state index in [9.17, 15) is 0 Å². The van der Waals surface area contributed by atoms with E-state index in [4.69, 9.17) is 9.97 Å². The van der Waals surface area contributed by atoms with Gasteiger partial charge in [0.2, 0.25) is 0 Å². The van der Waals surface area contributed by atoms with Crippen molar-refractivity contribution in [3.05, 3.63) is 224 Å². The Hall–Kier alpha value is -8.01. The number of fused-ring (bicyclic) bond motifs is 7. The largest absolute Gasteiger partial charge is 0.264 e. The summed E-state index contributed by atoms with van der Waals surface area (Å²) >= 11 is 0. The molecule has 0 saturated carbocycles. The van der Waals surface area contributed by atoms with Crippen LogP contribution in [0.3, 0.4) is 0 Å². The molecule has 296 valence electrons. The fraction of sp³-hybridized carbons (Fsp3) is 0.0500. The average Bonchev–Trinajstić information content (AvgIpc) is 3.60. The molecular weight excluding hydrogens is 763 g/mol. The summed E-state index contributed by atoms with van der Waals surface area (Å²) in [6.07, 6.45) is 3.71. The smallest absolute Gasteiger partial charge is 0.160 e. The van der Waals surface area contributed by atoms with Crippen molar-refractivity contribution in [3.8, 4) is 78.4 Å². The number of aromatic nitrogens is 3. The number of nitrogens with zero attached hydrogens (tertiary/aromatic N) is 3. The summed E-state index contributed by atoms with van der Waals surface area (Å²) in [5, 5.41) is 7.39. The number of hydrogen-bond donors (Lipinski definition) is 0. The molecular formula is C60H41N3. The van der Waals surface area contributed by atoms with Crippen LogP contribution < -0.4 is 0 Å². The SMILES string of the molecule is CC1(C)c2ccc3ccccc3c2-c2cccc(-c3ccc(-c4ccc(-c5cc(-c6cccc(-c7cccnc7)c6)nc(-c6ccccc6)n5)c5ccccc45)c4ccccc34)c21. The molecule has 1 aliphatic rings. The number of benzene rings is 9. The van der Waals surface area contributed by atoms with Crippen LogP contribution in [0.1, 0.15) is 25.0 Å². The highest BCUT2D eigenvalue weighted by Gasteiger charge is 2.38. The maximum absolute atomic E-state index is 5.28. The second kappa shape index (κ2) is 14.6. The van der Waals surface area contributed by atoms with E-state index in [2.05, 4.69) is 195 Å². The molecule has 1 aliphatic carbocycles. The van der Waals surface area contributed by atoms with Gasteiger partial charge in [0.15, 0.2) is 5.82 Å². The van der Waals surface area contributed by atoms with Gasteiger partial charge < -0.3 is 0 Å². The molecule has 0 unspecified atom stereocenters. The standard InChI is InChI=1S/C60H41N3/c1-60(2)54-33-28-38-15-6-7-21-43(38)57(54)53-27-13-26-52(58(53)60)50-30-29-48(44-22-8-9-23-45(44)50)49-31-32-51(47-25-11-10-24-46(47)49)56-36-55(62-59(63-56)39-16-4-3-5-17-39)41-19-12-18-40(35-41)42-20-14-34-61-37-42/h3-37H,1-2H3. The van der Waals surface area contributed by atoms with E-state index in [1.54, 1.807) is 6.20 Å². The van der Waals surface area contributed by atoms with Crippen molar-refractivity contribution in [2.24, 2.45) is 0 Å². The van der Waals surface area contributed by atoms with Crippen molar-refractivity contribution in [3.63, 3.8) is 0 Å². The van der Waals surface area contributed by atoms with Gasteiger partial charge in [-0.15, -0.1) is 0 Å². The zero-order valence-corrected chi connectivity index (χ0v) is 35.0. The van der Waals surface area contributed by atoms with Gasteiger partial charge in [-0.05, 0) is 101 Å². The van der Waals surface area contributed by atoms with E-state index in [1.807, 2.05) is 30.5 Å². The highest BCUT2D eigenvalue weighted by molar-refractivity contribution is 6.13. The van der Waals surface area contributed by atoms with E-state index >= 15 is 0 Å². The molecule has 12 rings (SSSR count). The summed E-state index contributed by atoms with van der Waals surface area (Å²) in [4.78, 5) is 14.8. The first-order chi connectivity index (χ1) is 31.0. The second-order valence-electron chi connectivity index (χ2n) is 17.1. The molecule has 11 aromatic rings. The Morgan fingerprint density at radius 2 is 0.921 bits per heavy atom. The summed E-state index contributed by atoms with van der Waals surface area (Å²) in [5.74, 6) is 0.691. The minimum atomic E-state index is -0.166. The van der Waals surface area contributed by atoms with E-state index < -0.39 is 0 Å². The third-order valence-electron chi connectivity index (χ3n) is 13.2. The molecule has 9 aromatic carbocycles. The molecule has 0 N–H and O–H groups in total. The van der Waals surface area contributed by atoms with Crippen LogP contribution in [0.15, 0.2) is 213 Å². The molecule has 3 nitrogen and oxygen atoms in total. The van der Waals surface area contributed by atoms with Crippen LogP contribution in [0.5, 0.6) is 0 Å². The van der Waals surface area contributed by atoms with Crippen LogP contribution in [-0.2, 0) is 5.41 Å². The minimum Gasteiger partial charge on any atom is -0.264 e. The normalized spacial score (nSPS) is 12.7. The van der Waals surface area contributed by atoms with Crippen LogP contribution in [-0.4, -0.2) is 15.0 Å².